The third kappa shape index (κ3) is 8.19. The molecule has 1 aromatic heterocycles. The minimum Gasteiger partial charge on any atom is -0.334 e. The summed E-state index contributed by atoms with van der Waals surface area (Å²) in [6.45, 7) is 2.37. The zero-order chi connectivity index (χ0) is 23.3. The summed E-state index contributed by atoms with van der Waals surface area (Å²) in [5.74, 6) is 0.308. The highest BCUT2D eigenvalue weighted by atomic mass is 16.2. The Morgan fingerprint density at radius 2 is 1.61 bits per heavy atom. The Labute approximate surface area is 196 Å². The lowest BCUT2D eigenvalue weighted by Crippen LogP contribution is -2.38. The zero-order valence-electron chi connectivity index (χ0n) is 19.3. The summed E-state index contributed by atoms with van der Waals surface area (Å²) in [7, 11) is 0. The number of carbonyl (C=O) groups is 2. The van der Waals surface area contributed by atoms with Gasteiger partial charge in [-0.05, 0) is 41.7 Å². The van der Waals surface area contributed by atoms with Crippen molar-refractivity contribution in [2.45, 2.75) is 58.0 Å². The van der Waals surface area contributed by atoms with E-state index in [1.54, 1.807) is 6.20 Å². The molecule has 1 atom stereocenters. The number of ketones is 1. The molecule has 3 rings (SSSR count). The molecule has 2 amide bonds. The Balaban J connectivity index is 1.65. The molecule has 0 spiro atoms. The summed E-state index contributed by atoms with van der Waals surface area (Å²) >= 11 is 0. The van der Waals surface area contributed by atoms with Crippen molar-refractivity contribution in [3.05, 3.63) is 90.3 Å². The first kappa shape index (κ1) is 24.2. The van der Waals surface area contributed by atoms with Crippen LogP contribution in [0.15, 0.2) is 79.0 Å². The molecule has 3 aromatic rings. The lowest BCUT2D eigenvalue weighted by Gasteiger charge is -2.20. The second-order valence-corrected chi connectivity index (χ2v) is 8.19. The van der Waals surface area contributed by atoms with Crippen LogP contribution in [-0.2, 0) is 11.3 Å². The number of unbranched alkanes of at least 4 members (excludes halogenated alkanes) is 2. The summed E-state index contributed by atoms with van der Waals surface area (Å²) in [6.07, 6.45) is 6.55. The van der Waals surface area contributed by atoms with Gasteiger partial charge < -0.3 is 10.6 Å². The minimum atomic E-state index is -0.211. The van der Waals surface area contributed by atoms with Crippen molar-refractivity contribution in [2.24, 2.45) is 0 Å². The molecule has 0 aliphatic heterocycles. The maximum Gasteiger partial charge on any atom is 0.315 e. The van der Waals surface area contributed by atoms with Crippen LogP contribution in [0.2, 0.25) is 0 Å². The molecule has 0 saturated heterocycles. The summed E-state index contributed by atoms with van der Waals surface area (Å²) < 4.78 is 0. The van der Waals surface area contributed by atoms with E-state index in [0.717, 1.165) is 48.1 Å². The number of pyridine rings is 1. The number of amides is 2. The van der Waals surface area contributed by atoms with Crippen LogP contribution in [0.25, 0.3) is 11.1 Å². The summed E-state index contributed by atoms with van der Waals surface area (Å²) in [5, 5.41) is 6.06. The molecule has 0 radical (unpaired) electrons. The van der Waals surface area contributed by atoms with Crippen LogP contribution in [0.5, 0.6) is 0 Å². The van der Waals surface area contributed by atoms with Crippen molar-refractivity contribution in [1.29, 1.82) is 0 Å². The Morgan fingerprint density at radius 3 is 2.33 bits per heavy atom. The van der Waals surface area contributed by atoms with Crippen LogP contribution in [0.3, 0.4) is 0 Å². The van der Waals surface area contributed by atoms with Gasteiger partial charge in [-0.2, -0.15) is 0 Å². The van der Waals surface area contributed by atoms with Gasteiger partial charge in [-0.15, -0.1) is 0 Å². The normalized spacial score (nSPS) is 11.5. The highest BCUT2D eigenvalue weighted by molar-refractivity contribution is 5.77. The van der Waals surface area contributed by atoms with Crippen molar-refractivity contribution in [2.75, 3.05) is 0 Å². The lowest BCUT2D eigenvalue weighted by atomic mass is 10.00. The molecule has 33 heavy (non-hydrogen) atoms. The first-order valence-corrected chi connectivity index (χ1v) is 11.8. The molecule has 1 unspecified atom stereocenters. The molecule has 0 aliphatic carbocycles. The van der Waals surface area contributed by atoms with Crippen molar-refractivity contribution in [3.63, 3.8) is 0 Å². The molecule has 0 saturated carbocycles. The number of aromatic nitrogens is 1. The first-order valence-electron chi connectivity index (χ1n) is 11.8. The highest BCUT2D eigenvalue weighted by Gasteiger charge is 2.17. The fraction of sp³-hybridized carbons (Fsp3) is 0.321. The van der Waals surface area contributed by atoms with E-state index >= 15 is 0 Å². The van der Waals surface area contributed by atoms with E-state index in [4.69, 9.17) is 0 Å². The molecule has 172 valence electrons. The van der Waals surface area contributed by atoms with E-state index in [1.807, 2.05) is 61.5 Å². The quantitative estimate of drug-likeness (QED) is 0.327. The fourth-order valence-corrected chi connectivity index (χ4v) is 3.75. The van der Waals surface area contributed by atoms with Gasteiger partial charge in [0.2, 0.25) is 0 Å². The monoisotopic (exact) mass is 443 g/mol. The SMILES string of the molecule is CCC(=O)CCCCCC(NC(=O)NCc1ccccc1)c1cc(-c2ccccc2)ccn1. The minimum absolute atomic E-state index is 0.202. The van der Waals surface area contributed by atoms with E-state index in [1.165, 1.54) is 0 Å². The first-order chi connectivity index (χ1) is 16.2. The van der Waals surface area contributed by atoms with Crippen molar-refractivity contribution in [3.8, 4) is 11.1 Å². The number of nitrogens with zero attached hydrogens (tertiary/aromatic N) is 1. The van der Waals surface area contributed by atoms with Crippen LogP contribution in [0.1, 0.15) is 62.7 Å². The van der Waals surface area contributed by atoms with Gasteiger partial charge >= 0.3 is 6.03 Å². The smallest absolute Gasteiger partial charge is 0.315 e. The standard InChI is InChI=1S/C28H33N3O2/c1-2-25(32)16-10-5-11-17-26(31-28(33)30-21-22-12-6-3-7-13-22)27-20-24(18-19-29-27)23-14-8-4-9-15-23/h3-4,6-9,12-15,18-20,26H,2,5,10-11,16-17,21H2,1H3,(H2,30,31,33). The van der Waals surface area contributed by atoms with Crippen LogP contribution in [0, 0.1) is 0 Å². The predicted octanol–water partition coefficient (Wildman–Crippen LogP) is 6.22. The van der Waals surface area contributed by atoms with Gasteiger partial charge in [-0.1, -0.05) is 80.4 Å². The molecule has 1 heterocycles. The van der Waals surface area contributed by atoms with E-state index in [-0.39, 0.29) is 12.1 Å². The maximum absolute atomic E-state index is 12.7. The van der Waals surface area contributed by atoms with Gasteiger partial charge in [0.1, 0.15) is 5.78 Å². The fourth-order valence-electron chi connectivity index (χ4n) is 3.75. The van der Waals surface area contributed by atoms with Crippen LogP contribution in [-0.4, -0.2) is 16.8 Å². The molecule has 0 aliphatic rings. The Morgan fingerprint density at radius 1 is 0.879 bits per heavy atom. The van der Waals surface area contributed by atoms with Gasteiger partial charge in [0.05, 0.1) is 11.7 Å². The third-order valence-electron chi connectivity index (χ3n) is 5.69. The van der Waals surface area contributed by atoms with E-state index in [2.05, 4.69) is 33.8 Å². The lowest BCUT2D eigenvalue weighted by molar-refractivity contribution is -0.118. The van der Waals surface area contributed by atoms with Gasteiger partial charge in [-0.25, -0.2) is 4.79 Å². The number of carbonyl (C=O) groups excluding carboxylic acids is 2. The maximum atomic E-state index is 12.7. The Kier molecular flexibility index (Phi) is 9.64. The van der Waals surface area contributed by atoms with Crippen molar-refractivity contribution >= 4 is 11.8 Å². The number of nitrogens with one attached hydrogen (secondary N) is 2. The molecule has 0 bridgehead atoms. The second kappa shape index (κ2) is 13.2. The molecule has 5 heteroatoms. The van der Waals surface area contributed by atoms with Crippen molar-refractivity contribution in [1.82, 2.24) is 15.6 Å². The molecule has 0 fully saturated rings. The molecule has 5 nitrogen and oxygen atoms in total. The van der Waals surface area contributed by atoms with Gasteiger partial charge in [0.25, 0.3) is 0 Å². The molecule has 2 N–H and O–H groups in total. The topological polar surface area (TPSA) is 71.1 Å². The number of rotatable bonds is 12. The Hall–Kier alpha value is -3.47. The van der Waals surface area contributed by atoms with Crippen LogP contribution >= 0.6 is 0 Å². The van der Waals surface area contributed by atoms with E-state index in [0.29, 0.717) is 25.2 Å². The molecule has 2 aromatic carbocycles. The number of hydrogen-bond acceptors (Lipinski definition) is 3. The van der Waals surface area contributed by atoms with E-state index < -0.39 is 0 Å². The summed E-state index contributed by atoms with van der Waals surface area (Å²) in [6, 6.07) is 23.6. The van der Waals surface area contributed by atoms with Crippen LogP contribution in [0.4, 0.5) is 4.79 Å². The second-order valence-electron chi connectivity index (χ2n) is 8.19. The van der Waals surface area contributed by atoms with Gasteiger partial charge in [0, 0.05) is 25.6 Å². The van der Waals surface area contributed by atoms with Crippen molar-refractivity contribution < 1.29 is 9.59 Å². The summed E-state index contributed by atoms with van der Waals surface area (Å²) in [5.41, 5.74) is 4.09. The number of Topliss-reactive ketones (excluding diaryl/α,β-unsaturated/α-hetero) is 1. The predicted molar refractivity (Wildman–Crippen MR) is 133 cm³/mol. The van der Waals surface area contributed by atoms with E-state index in [9.17, 15) is 9.59 Å². The molecular formula is C28H33N3O2. The number of benzene rings is 2. The van der Waals surface area contributed by atoms with Crippen LogP contribution < -0.4 is 10.6 Å². The largest absolute Gasteiger partial charge is 0.334 e. The number of urea groups is 1. The summed E-state index contributed by atoms with van der Waals surface area (Å²) in [4.78, 5) is 28.8. The number of hydrogen-bond donors (Lipinski definition) is 2. The molecular weight excluding hydrogens is 410 g/mol. The van der Waals surface area contributed by atoms with Gasteiger partial charge in [-0.3, -0.25) is 9.78 Å². The highest BCUT2D eigenvalue weighted by Crippen LogP contribution is 2.24. The van der Waals surface area contributed by atoms with Gasteiger partial charge in [0.15, 0.2) is 0 Å². The Bertz CT molecular complexity index is 1010. The average molecular weight is 444 g/mol. The third-order valence-corrected chi connectivity index (χ3v) is 5.69. The average Bonchev–Trinajstić information content (AvgIpc) is 2.87. The zero-order valence-corrected chi connectivity index (χ0v) is 19.3.